The third kappa shape index (κ3) is 4.82. The van der Waals surface area contributed by atoms with Crippen molar-refractivity contribution < 1.29 is 19.1 Å². The standard InChI is InChI=1S/C17H17ClO4S/c1-21-14-9-16(19)15(17(10-14)22-2)7-8-23(20)11-12-3-5-13(18)6-4-12/h3-10,19H,11H2,1-2H3/b8-7+. The van der Waals surface area contributed by atoms with Crippen LogP contribution in [0, 0.1) is 0 Å². The van der Waals surface area contributed by atoms with Crippen LogP contribution >= 0.6 is 11.6 Å². The van der Waals surface area contributed by atoms with Gasteiger partial charge in [0.2, 0.25) is 0 Å². The number of hydrogen-bond acceptors (Lipinski definition) is 4. The highest BCUT2D eigenvalue weighted by atomic mass is 35.5. The zero-order valence-electron chi connectivity index (χ0n) is 12.8. The average molecular weight is 353 g/mol. The van der Waals surface area contributed by atoms with Crippen molar-refractivity contribution in [2.75, 3.05) is 14.2 Å². The normalized spacial score (nSPS) is 12.3. The first-order chi connectivity index (χ1) is 11.0. The number of methoxy groups -OCH3 is 2. The third-order valence-electron chi connectivity index (χ3n) is 3.16. The lowest BCUT2D eigenvalue weighted by Crippen LogP contribution is -2.00. The van der Waals surface area contributed by atoms with E-state index in [1.54, 1.807) is 24.3 Å². The first-order valence-electron chi connectivity index (χ1n) is 6.78. The molecule has 1 atom stereocenters. The van der Waals surface area contributed by atoms with E-state index in [-0.39, 0.29) is 5.75 Å². The summed E-state index contributed by atoms with van der Waals surface area (Å²) in [5.74, 6) is 1.30. The molecule has 0 bridgehead atoms. The maximum absolute atomic E-state index is 12.1. The molecule has 0 heterocycles. The lowest BCUT2D eigenvalue weighted by atomic mass is 10.1. The lowest BCUT2D eigenvalue weighted by molar-refractivity contribution is 0.384. The number of rotatable bonds is 6. The minimum absolute atomic E-state index is 0.000873. The Morgan fingerprint density at radius 1 is 1.17 bits per heavy atom. The predicted molar refractivity (Wildman–Crippen MR) is 93.5 cm³/mol. The van der Waals surface area contributed by atoms with Gasteiger partial charge in [0.1, 0.15) is 28.4 Å². The third-order valence-corrected chi connectivity index (χ3v) is 4.47. The Bertz CT molecular complexity index is 686. The number of halogens is 1. The maximum Gasteiger partial charge on any atom is 0.135 e. The van der Waals surface area contributed by atoms with Gasteiger partial charge in [-0.25, -0.2) is 0 Å². The molecule has 4 nitrogen and oxygen atoms in total. The molecular weight excluding hydrogens is 336 g/mol. The second-order valence-electron chi connectivity index (χ2n) is 4.72. The van der Waals surface area contributed by atoms with Crippen molar-refractivity contribution >= 4 is 28.9 Å². The van der Waals surface area contributed by atoms with Crippen molar-refractivity contribution in [1.29, 1.82) is 0 Å². The first-order valence-corrected chi connectivity index (χ1v) is 8.54. The Morgan fingerprint density at radius 2 is 1.87 bits per heavy atom. The summed E-state index contributed by atoms with van der Waals surface area (Å²) >= 11 is 4.60. The molecule has 0 aliphatic rings. The summed E-state index contributed by atoms with van der Waals surface area (Å²) in [6.07, 6.45) is 1.58. The minimum Gasteiger partial charge on any atom is -0.612 e. The summed E-state index contributed by atoms with van der Waals surface area (Å²) < 4.78 is 22.4. The largest absolute Gasteiger partial charge is 0.612 e. The van der Waals surface area contributed by atoms with E-state index in [1.807, 2.05) is 12.1 Å². The van der Waals surface area contributed by atoms with Gasteiger partial charge in [-0.05, 0) is 23.3 Å². The van der Waals surface area contributed by atoms with E-state index in [4.69, 9.17) is 21.1 Å². The van der Waals surface area contributed by atoms with Crippen LogP contribution in [0.15, 0.2) is 41.8 Å². The molecule has 0 aromatic heterocycles. The molecule has 122 valence electrons. The molecule has 2 aromatic rings. The molecule has 0 aliphatic heterocycles. The average Bonchev–Trinajstić information content (AvgIpc) is 2.55. The van der Waals surface area contributed by atoms with E-state index in [2.05, 4.69) is 0 Å². The van der Waals surface area contributed by atoms with Crippen LogP contribution in [-0.2, 0) is 16.9 Å². The van der Waals surface area contributed by atoms with Crippen molar-refractivity contribution in [3.05, 3.63) is 58.0 Å². The second-order valence-corrected chi connectivity index (χ2v) is 6.48. The molecule has 0 fully saturated rings. The first kappa shape index (κ1) is 17.5. The van der Waals surface area contributed by atoms with Gasteiger partial charge in [0.25, 0.3) is 0 Å². The molecule has 1 unspecified atom stereocenters. The second kappa shape index (κ2) is 8.15. The van der Waals surface area contributed by atoms with Crippen molar-refractivity contribution in [3.8, 4) is 17.2 Å². The van der Waals surface area contributed by atoms with Gasteiger partial charge in [-0.3, -0.25) is 0 Å². The van der Waals surface area contributed by atoms with E-state index in [0.717, 1.165) is 5.56 Å². The zero-order chi connectivity index (χ0) is 16.8. The highest BCUT2D eigenvalue weighted by molar-refractivity contribution is 7.93. The monoisotopic (exact) mass is 352 g/mol. The van der Waals surface area contributed by atoms with Crippen LogP contribution in [-0.4, -0.2) is 23.9 Å². The number of ether oxygens (including phenoxy) is 2. The van der Waals surface area contributed by atoms with Gasteiger partial charge in [0.15, 0.2) is 0 Å². The minimum atomic E-state index is -1.23. The van der Waals surface area contributed by atoms with Crippen LogP contribution in [0.25, 0.3) is 6.08 Å². The molecule has 6 heteroatoms. The molecule has 0 amide bonds. The molecule has 0 saturated carbocycles. The predicted octanol–water partition coefficient (Wildman–Crippen LogP) is 3.98. The molecule has 0 aliphatic carbocycles. The van der Waals surface area contributed by atoms with Crippen LogP contribution < -0.4 is 9.47 Å². The molecule has 2 aromatic carbocycles. The molecule has 23 heavy (non-hydrogen) atoms. The SMILES string of the molecule is COc1cc(O)c(/C=C/[S+]([O-])Cc2ccc(Cl)cc2)c(OC)c1. The van der Waals surface area contributed by atoms with E-state index < -0.39 is 11.2 Å². The van der Waals surface area contributed by atoms with E-state index in [9.17, 15) is 9.66 Å². The van der Waals surface area contributed by atoms with Gasteiger partial charge in [-0.1, -0.05) is 23.7 Å². The summed E-state index contributed by atoms with van der Waals surface area (Å²) in [5, 5.41) is 12.2. The fourth-order valence-corrected chi connectivity index (χ4v) is 3.01. The summed E-state index contributed by atoms with van der Waals surface area (Å²) in [6.45, 7) is 0. The van der Waals surface area contributed by atoms with Crippen LogP contribution in [0.2, 0.25) is 5.02 Å². The smallest absolute Gasteiger partial charge is 0.135 e. The maximum atomic E-state index is 12.1. The van der Waals surface area contributed by atoms with Crippen LogP contribution in [0.1, 0.15) is 11.1 Å². The highest BCUT2D eigenvalue weighted by Gasteiger charge is 2.11. The number of benzene rings is 2. The Hall–Kier alpha value is -1.82. The van der Waals surface area contributed by atoms with Crippen molar-refractivity contribution in [3.63, 3.8) is 0 Å². The van der Waals surface area contributed by atoms with Crippen LogP contribution in [0.4, 0.5) is 0 Å². The summed E-state index contributed by atoms with van der Waals surface area (Å²) in [7, 11) is 3.00. The zero-order valence-corrected chi connectivity index (χ0v) is 14.4. The van der Waals surface area contributed by atoms with Gasteiger partial charge < -0.3 is 19.1 Å². The van der Waals surface area contributed by atoms with Gasteiger partial charge in [0.05, 0.1) is 19.8 Å². The van der Waals surface area contributed by atoms with Crippen molar-refractivity contribution in [2.24, 2.45) is 0 Å². The highest BCUT2D eigenvalue weighted by Crippen LogP contribution is 2.34. The Kier molecular flexibility index (Phi) is 6.21. The number of hydrogen-bond donors (Lipinski definition) is 1. The fraction of sp³-hybridized carbons (Fsp3) is 0.176. The molecular formula is C17H17ClO4S. The van der Waals surface area contributed by atoms with Crippen LogP contribution in [0.5, 0.6) is 17.2 Å². The van der Waals surface area contributed by atoms with Gasteiger partial charge >= 0.3 is 0 Å². The lowest BCUT2D eigenvalue weighted by Gasteiger charge is -2.10. The van der Waals surface area contributed by atoms with E-state index in [1.165, 1.54) is 25.7 Å². The summed E-state index contributed by atoms with van der Waals surface area (Å²) in [4.78, 5) is 0. The molecule has 0 spiro atoms. The number of phenolic OH excluding ortho intramolecular Hbond substituents is 1. The summed E-state index contributed by atoms with van der Waals surface area (Å²) in [5.41, 5.74) is 1.38. The Balaban J connectivity index is 2.14. The number of aromatic hydroxyl groups is 1. The quantitative estimate of drug-likeness (QED) is 0.799. The van der Waals surface area contributed by atoms with Gasteiger partial charge in [-0.15, -0.1) is 0 Å². The van der Waals surface area contributed by atoms with E-state index >= 15 is 0 Å². The van der Waals surface area contributed by atoms with Gasteiger partial charge in [-0.2, -0.15) is 0 Å². The van der Waals surface area contributed by atoms with E-state index in [0.29, 0.717) is 27.8 Å². The molecule has 0 saturated heterocycles. The topological polar surface area (TPSA) is 61.8 Å². The Morgan fingerprint density at radius 3 is 2.48 bits per heavy atom. The fourth-order valence-electron chi connectivity index (χ4n) is 1.98. The Labute approximate surface area is 143 Å². The molecule has 1 N–H and O–H groups in total. The number of phenols is 1. The summed E-state index contributed by atoms with van der Waals surface area (Å²) in [6, 6.07) is 10.3. The molecule has 0 radical (unpaired) electrons. The van der Waals surface area contributed by atoms with Crippen molar-refractivity contribution in [1.82, 2.24) is 0 Å². The molecule has 2 rings (SSSR count). The van der Waals surface area contributed by atoms with Crippen LogP contribution in [0.3, 0.4) is 0 Å². The van der Waals surface area contributed by atoms with Gasteiger partial charge in [0, 0.05) is 28.8 Å². The van der Waals surface area contributed by atoms with Crippen molar-refractivity contribution in [2.45, 2.75) is 5.75 Å².